The van der Waals surface area contributed by atoms with E-state index in [1.165, 1.54) is 11.3 Å². The zero-order valence-corrected chi connectivity index (χ0v) is 13.5. The lowest BCUT2D eigenvalue weighted by molar-refractivity contribution is 0.0941. The van der Waals surface area contributed by atoms with Gasteiger partial charge in [-0.1, -0.05) is 53.7 Å². The van der Waals surface area contributed by atoms with Gasteiger partial charge in [-0.05, 0) is 6.42 Å². The van der Waals surface area contributed by atoms with Crippen LogP contribution in [0.2, 0.25) is 0 Å². The molecule has 1 aromatic carbocycles. The molecule has 0 aliphatic rings. The molecule has 0 bridgehead atoms. The van der Waals surface area contributed by atoms with Gasteiger partial charge < -0.3 is 9.84 Å². The standard InChI is InChI=1S/C16H16N4O2S/c1-2-6-12-9-13(20-22-12)15(21)17-10-14-18-19-16(23-14)11-7-4-3-5-8-11/h3-5,7-9H,2,6,10H2,1H3,(H,17,21). The van der Waals surface area contributed by atoms with Crippen molar-refractivity contribution < 1.29 is 9.32 Å². The highest BCUT2D eigenvalue weighted by molar-refractivity contribution is 7.14. The number of rotatable bonds is 6. The van der Waals surface area contributed by atoms with Crippen LogP contribution in [0, 0.1) is 0 Å². The summed E-state index contributed by atoms with van der Waals surface area (Å²) in [5, 5.41) is 16.4. The molecule has 7 heteroatoms. The SMILES string of the molecule is CCCc1cc(C(=O)NCc2nnc(-c3ccccc3)s2)no1. The maximum atomic E-state index is 12.0. The van der Waals surface area contributed by atoms with Crippen LogP contribution >= 0.6 is 11.3 Å². The number of aryl methyl sites for hydroxylation is 1. The lowest BCUT2D eigenvalue weighted by Gasteiger charge is -1.98. The molecule has 0 spiro atoms. The van der Waals surface area contributed by atoms with Crippen molar-refractivity contribution in [1.82, 2.24) is 20.7 Å². The van der Waals surface area contributed by atoms with E-state index < -0.39 is 0 Å². The van der Waals surface area contributed by atoms with Crippen molar-refractivity contribution in [2.45, 2.75) is 26.3 Å². The molecule has 1 amide bonds. The summed E-state index contributed by atoms with van der Waals surface area (Å²) in [7, 11) is 0. The summed E-state index contributed by atoms with van der Waals surface area (Å²) in [6.45, 7) is 2.36. The van der Waals surface area contributed by atoms with Gasteiger partial charge in [0.1, 0.15) is 15.8 Å². The van der Waals surface area contributed by atoms with Crippen molar-refractivity contribution in [1.29, 1.82) is 0 Å². The number of benzene rings is 1. The van der Waals surface area contributed by atoms with Gasteiger partial charge in [0, 0.05) is 18.1 Å². The Morgan fingerprint density at radius 2 is 2.09 bits per heavy atom. The van der Waals surface area contributed by atoms with Crippen LogP contribution in [0.3, 0.4) is 0 Å². The van der Waals surface area contributed by atoms with E-state index >= 15 is 0 Å². The molecule has 0 saturated carbocycles. The summed E-state index contributed by atoms with van der Waals surface area (Å²) in [6, 6.07) is 11.5. The third kappa shape index (κ3) is 3.81. The first-order valence-corrected chi connectivity index (χ1v) is 8.19. The maximum absolute atomic E-state index is 12.0. The fourth-order valence-corrected chi connectivity index (χ4v) is 2.84. The number of carbonyl (C=O) groups excluding carboxylic acids is 1. The van der Waals surface area contributed by atoms with Crippen molar-refractivity contribution >= 4 is 17.2 Å². The van der Waals surface area contributed by atoms with Crippen LogP contribution < -0.4 is 5.32 Å². The van der Waals surface area contributed by atoms with Crippen molar-refractivity contribution in [3.63, 3.8) is 0 Å². The molecule has 118 valence electrons. The Balaban J connectivity index is 1.60. The predicted octanol–water partition coefficient (Wildman–Crippen LogP) is 3.08. The van der Waals surface area contributed by atoms with Crippen LogP contribution in [0.4, 0.5) is 0 Å². The second-order valence-corrected chi connectivity index (χ2v) is 6.04. The van der Waals surface area contributed by atoms with Crippen molar-refractivity contribution in [2.75, 3.05) is 0 Å². The molecule has 0 unspecified atom stereocenters. The number of carbonyl (C=O) groups is 1. The van der Waals surface area contributed by atoms with Crippen LogP contribution in [-0.4, -0.2) is 21.3 Å². The molecule has 6 nitrogen and oxygen atoms in total. The van der Waals surface area contributed by atoms with Crippen LogP contribution in [0.25, 0.3) is 10.6 Å². The molecule has 0 atom stereocenters. The summed E-state index contributed by atoms with van der Waals surface area (Å²) in [6.07, 6.45) is 1.72. The highest BCUT2D eigenvalue weighted by Gasteiger charge is 2.13. The van der Waals surface area contributed by atoms with Crippen LogP contribution in [0.1, 0.15) is 34.6 Å². The number of hydrogen-bond donors (Lipinski definition) is 1. The molecule has 0 radical (unpaired) electrons. The molecule has 2 heterocycles. The van der Waals surface area contributed by atoms with Gasteiger partial charge in [-0.3, -0.25) is 4.79 Å². The first-order chi connectivity index (χ1) is 11.3. The third-order valence-electron chi connectivity index (χ3n) is 3.18. The highest BCUT2D eigenvalue weighted by Crippen LogP contribution is 2.22. The Labute approximate surface area is 137 Å². The summed E-state index contributed by atoms with van der Waals surface area (Å²) in [5.74, 6) is 0.451. The number of hydrogen-bond acceptors (Lipinski definition) is 6. The van der Waals surface area contributed by atoms with Gasteiger partial charge in [0.05, 0.1) is 6.54 Å². The molecule has 0 aliphatic carbocycles. The maximum Gasteiger partial charge on any atom is 0.273 e. The minimum absolute atomic E-state index is 0.271. The molecular formula is C16H16N4O2S. The zero-order chi connectivity index (χ0) is 16.1. The van der Waals surface area contributed by atoms with E-state index in [2.05, 4.69) is 20.7 Å². The van der Waals surface area contributed by atoms with Gasteiger partial charge in [0.25, 0.3) is 5.91 Å². The molecule has 2 aromatic heterocycles. The Morgan fingerprint density at radius 1 is 1.26 bits per heavy atom. The Kier molecular flexibility index (Phi) is 4.77. The fraction of sp³-hybridized carbons (Fsp3) is 0.250. The smallest absolute Gasteiger partial charge is 0.273 e. The van der Waals surface area contributed by atoms with E-state index in [0.717, 1.165) is 34.2 Å². The zero-order valence-electron chi connectivity index (χ0n) is 12.7. The molecule has 3 rings (SSSR count). The van der Waals surface area contributed by atoms with E-state index in [4.69, 9.17) is 4.52 Å². The summed E-state index contributed by atoms with van der Waals surface area (Å²) in [4.78, 5) is 12.0. The summed E-state index contributed by atoms with van der Waals surface area (Å²) < 4.78 is 5.10. The number of nitrogens with one attached hydrogen (secondary N) is 1. The predicted molar refractivity (Wildman–Crippen MR) is 87.0 cm³/mol. The molecule has 23 heavy (non-hydrogen) atoms. The second-order valence-electron chi connectivity index (χ2n) is 4.98. The first kappa shape index (κ1) is 15.4. The molecule has 1 N–H and O–H groups in total. The lowest BCUT2D eigenvalue weighted by Crippen LogP contribution is -2.22. The van der Waals surface area contributed by atoms with Gasteiger partial charge >= 0.3 is 0 Å². The Hall–Kier alpha value is -2.54. The van der Waals surface area contributed by atoms with Gasteiger partial charge in [-0.2, -0.15) is 0 Å². The van der Waals surface area contributed by atoms with E-state index in [0.29, 0.717) is 12.2 Å². The monoisotopic (exact) mass is 328 g/mol. The average molecular weight is 328 g/mol. The van der Waals surface area contributed by atoms with E-state index in [1.807, 2.05) is 37.3 Å². The average Bonchev–Trinajstić information content (AvgIpc) is 3.23. The van der Waals surface area contributed by atoms with Crippen LogP contribution in [-0.2, 0) is 13.0 Å². The van der Waals surface area contributed by atoms with Crippen LogP contribution in [0.5, 0.6) is 0 Å². The summed E-state index contributed by atoms with van der Waals surface area (Å²) in [5.41, 5.74) is 1.31. The topological polar surface area (TPSA) is 80.9 Å². The molecule has 0 aliphatic heterocycles. The van der Waals surface area contributed by atoms with Crippen molar-refractivity contribution in [3.8, 4) is 10.6 Å². The molecule has 0 fully saturated rings. The Morgan fingerprint density at radius 3 is 2.87 bits per heavy atom. The summed E-state index contributed by atoms with van der Waals surface area (Å²) >= 11 is 1.46. The molecule has 0 saturated heterocycles. The lowest BCUT2D eigenvalue weighted by atomic mass is 10.2. The largest absolute Gasteiger partial charge is 0.361 e. The highest BCUT2D eigenvalue weighted by atomic mass is 32.1. The molecular weight excluding hydrogens is 312 g/mol. The quantitative estimate of drug-likeness (QED) is 0.752. The van der Waals surface area contributed by atoms with Gasteiger partial charge in [0.2, 0.25) is 0 Å². The van der Waals surface area contributed by atoms with E-state index in [9.17, 15) is 4.79 Å². The van der Waals surface area contributed by atoms with Gasteiger partial charge in [0.15, 0.2) is 5.69 Å². The second kappa shape index (κ2) is 7.15. The van der Waals surface area contributed by atoms with Crippen molar-refractivity contribution in [2.24, 2.45) is 0 Å². The van der Waals surface area contributed by atoms with E-state index in [1.54, 1.807) is 6.07 Å². The van der Waals surface area contributed by atoms with Crippen LogP contribution in [0.15, 0.2) is 40.9 Å². The van der Waals surface area contributed by atoms with Crippen molar-refractivity contribution in [3.05, 3.63) is 52.9 Å². The first-order valence-electron chi connectivity index (χ1n) is 7.38. The van der Waals surface area contributed by atoms with Gasteiger partial charge in [-0.25, -0.2) is 0 Å². The minimum atomic E-state index is -0.271. The normalized spacial score (nSPS) is 10.7. The number of amides is 1. The molecule has 3 aromatic rings. The third-order valence-corrected chi connectivity index (χ3v) is 4.15. The minimum Gasteiger partial charge on any atom is -0.361 e. The Bertz CT molecular complexity index is 782. The number of aromatic nitrogens is 3. The van der Waals surface area contributed by atoms with Gasteiger partial charge in [-0.15, -0.1) is 10.2 Å². The number of nitrogens with zero attached hydrogens (tertiary/aromatic N) is 3. The fourth-order valence-electron chi connectivity index (χ4n) is 2.05. The van der Waals surface area contributed by atoms with E-state index in [-0.39, 0.29) is 5.91 Å².